The van der Waals surface area contributed by atoms with Crippen LogP contribution < -0.4 is 5.32 Å². The van der Waals surface area contributed by atoms with Crippen LogP contribution in [-0.2, 0) is 11.2 Å². The van der Waals surface area contributed by atoms with Crippen LogP contribution in [0.1, 0.15) is 12.5 Å². The third-order valence-electron chi connectivity index (χ3n) is 1.65. The number of hydrogen-bond donors (Lipinski definition) is 1. The quantitative estimate of drug-likeness (QED) is 0.752. The van der Waals surface area contributed by atoms with Gasteiger partial charge in [-0.15, -0.1) is 0 Å². The fraction of sp³-hybridized carbons (Fsp3) is 0.300. The lowest BCUT2D eigenvalue weighted by molar-refractivity contribution is -0.120. The van der Waals surface area contributed by atoms with Gasteiger partial charge in [-0.1, -0.05) is 12.1 Å². The molecule has 0 atom stereocenters. The lowest BCUT2D eigenvalue weighted by atomic mass is 10.1. The number of hydrogen-bond acceptors (Lipinski definition) is 1. The van der Waals surface area contributed by atoms with Crippen molar-refractivity contribution in [1.82, 2.24) is 5.32 Å². The van der Waals surface area contributed by atoms with Crippen LogP contribution in [-0.4, -0.2) is 12.5 Å². The van der Waals surface area contributed by atoms with Gasteiger partial charge in [-0.2, -0.15) is 0 Å². The van der Waals surface area contributed by atoms with Gasteiger partial charge in [0.25, 0.3) is 0 Å². The van der Waals surface area contributed by atoms with E-state index in [1.54, 1.807) is 12.1 Å². The summed E-state index contributed by atoms with van der Waals surface area (Å²) in [5, 5.41) is 2.68. The van der Waals surface area contributed by atoms with E-state index in [0.29, 0.717) is 13.0 Å². The first-order valence-corrected chi connectivity index (χ1v) is 4.23. The monoisotopic (exact) mass is 181 g/mol. The Morgan fingerprint density at radius 3 is 2.54 bits per heavy atom. The molecule has 0 unspecified atom stereocenters. The van der Waals surface area contributed by atoms with Gasteiger partial charge < -0.3 is 5.32 Å². The second-order valence-electron chi connectivity index (χ2n) is 2.76. The Hall–Kier alpha value is -1.38. The number of likely N-dealkylation sites (N-methyl/N-ethyl adjacent to an activating group) is 1. The fourth-order valence-electron chi connectivity index (χ4n) is 1.05. The third-order valence-corrected chi connectivity index (χ3v) is 1.65. The van der Waals surface area contributed by atoms with Crippen LogP contribution in [0.15, 0.2) is 24.3 Å². The summed E-state index contributed by atoms with van der Waals surface area (Å²) in [7, 11) is 0. The zero-order valence-electron chi connectivity index (χ0n) is 7.51. The van der Waals surface area contributed by atoms with Gasteiger partial charge in [-0.3, -0.25) is 4.79 Å². The van der Waals surface area contributed by atoms with Gasteiger partial charge >= 0.3 is 0 Å². The second-order valence-corrected chi connectivity index (χ2v) is 2.76. The van der Waals surface area contributed by atoms with E-state index in [1.807, 2.05) is 6.92 Å². The van der Waals surface area contributed by atoms with Gasteiger partial charge in [0.1, 0.15) is 5.82 Å². The van der Waals surface area contributed by atoms with E-state index in [1.165, 1.54) is 12.1 Å². The van der Waals surface area contributed by atoms with Crippen LogP contribution in [0.5, 0.6) is 0 Å². The number of carbonyl (C=O) groups is 1. The number of carbonyl (C=O) groups excluding carboxylic acids is 1. The standard InChI is InChI=1S/C10H12FNO/c1-2-12-10(13)7-8-3-5-9(11)6-4-8/h3-6H,2,7H2,1H3,(H,12,13). The largest absolute Gasteiger partial charge is 0.356 e. The van der Waals surface area contributed by atoms with Gasteiger partial charge in [0.05, 0.1) is 6.42 Å². The molecule has 0 radical (unpaired) electrons. The maximum Gasteiger partial charge on any atom is 0.224 e. The summed E-state index contributed by atoms with van der Waals surface area (Å²) in [6.45, 7) is 2.49. The second kappa shape index (κ2) is 4.60. The van der Waals surface area contributed by atoms with E-state index in [-0.39, 0.29) is 11.7 Å². The van der Waals surface area contributed by atoms with Crippen molar-refractivity contribution >= 4 is 5.91 Å². The zero-order chi connectivity index (χ0) is 9.68. The van der Waals surface area contributed by atoms with Crippen LogP contribution in [0.25, 0.3) is 0 Å². The van der Waals surface area contributed by atoms with Crippen molar-refractivity contribution in [1.29, 1.82) is 0 Å². The smallest absolute Gasteiger partial charge is 0.224 e. The Kier molecular flexibility index (Phi) is 3.43. The fourth-order valence-corrected chi connectivity index (χ4v) is 1.05. The zero-order valence-corrected chi connectivity index (χ0v) is 7.51. The van der Waals surface area contributed by atoms with Crippen molar-refractivity contribution in [3.63, 3.8) is 0 Å². The molecule has 2 nitrogen and oxygen atoms in total. The summed E-state index contributed by atoms with van der Waals surface area (Å²) in [4.78, 5) is 11.1. The van der Waals surface area contributed by atoms with Gasteiger partial charge in [-0.05, 0) is 24.6 Å². The molecule has 0 spiro atoms. The van der Waals surface area contributed by atoms with Gasteiger partial charge in [0, 0.05) is 6.54 Å². The number of amides is 1. The van der Waals surface area contributed by atoms with Crippen LogP contribution in [0.2, 0.25) is 0 Å². The number of benzene rings is 1. The summed E-state index contributed by atoms with van der Waals surface area (Å²) in [5.74, 6) is -0.311. The van der Waals surface area contributed by atoms with Gasteiger partial charge in [0.15, 0.2) is 0 Å². The summed E-state index contributed by atoms with van der Waals surface area (Å²) in [6.07, 6.45) is 0.314. The molecule has 0 fully saturated rings. The molecule has 13 heavy (non-hydrogen) atoms. The molecule has 1 rings (SSSR count). The minimum atomic E-state index is -0.278. The van der Waals surface area contributed by atoms with E-state index in [4.69, 9.17) is 0 Å². The SMILES string of the molecule is CCNC(=O)Cc1ccc(F)cc1. The Balaban J connectivity index is 2.54. The molecule has 1 amide bonds. The molecule has 1 N–H and O–H groups in total. The third kappa shape index (κ3) is 3.23. The van der Waals surface area contributed by atoms with Crippen molar-refractivity contribution in [2.24, 2.45) is 0 Å². The Morgan fingerprint density at radius 1 is 1.38 bits per heavy atom. The first-order chi connectivity index (χ1) is 6.22. The molecule has 0 aliphatic carbocycles. The molecule has 70 valence electrons. The number of halogens is 1. The highest BCUT2D eigenvalue weighted by Gasteiger charge is 2.00. The summed E-state index contributed by atoms with van der Waals surface area (Å²) < 4.78 is 12.5. The lowest BCUT2D eigenvalue weighted by Crippen LogP contribution is -2.24. The normalized spacial score (nSPS) is 9.69. The maximum absolute atomic E-state index is 12.5. The molecule has 0 aliphatic rings. The molecule has 3 heteroatoms. The first kappa shape index (κ1) is 9.71. The Bertz CT molecular complexity index is 281. The molecule has 0 heterocycles. The van der Waals surface area contributed by atoms with Crippen molar-refractivity contribution in [3.8, 4) is 0 Å². The minimum absolute atomic E-state index is 0.0332. The van der Waals surface area contributed by atoms with E-state index in [0.717, 1.165) is 5.56 Å². The molecule has 0 saturated heterocycles. The van der Waals surface area contributed by atoms with E-state index >= 15 is 0 Å². The van der Waals surface area contributed by atoms with Crippen LogP contribution >= 0.6 is 0 Å². The number of rotatable bonds is 3. The molecule has 0 aromatic heterocycles. The van der Waals surface area contributed by atoms with Crippen molar-refractivity contribution in [3.05, 3.63) is 35.6 Å². The van der Waals surface area contributed by atoms with Crippen LogP contribution in [0.3, 0.4) is 0 Å². The topological polar surface area (TPSA) is 29.1 Å². The molecule has 1 aromatic carbocycles. The molecular weight excluding hydrogens is 169 g/mol. The van der Waals surface area contributed by atoms with Crippen molar-refractivity contribution in [2.75, 3.05) is 6.54 Å². The van der Waals surface area contributed by atoms with Gasteiger partial charge in [0.2, 0.25) is 5.91 Å². The van der Waals surface area contributed by atoms with E-state index < -0.39 is 0 Å². The molecule has 1 aromatic rings. The molecule has 0 bridgehead atoms. The van der Waals surface area contributed by atoms with E-state index in [9.17, 15) is 9.18 Å². The average molecular weight is 181 g/mol. The summed E-state index contributed by atoms with van der Waals surface area (Å²) >= 11 is 0. The van der Waals surface area contributed by atoms with Crippen molar-refractivity contribution in [2.45, 2.75) is 13.3 Å². The first-order valence-electron chi connectivity index (χ1n) is 4.23. The lowest BCUT2D eigenvalue weighted by Gasteiger charge is -2.01. The highest BCUT2D eigenvalue weighted by atomic mass is 19.1. The van der Waals surface area contributed by atoms with Crippen molar-refractivity contribution < 1.29 is 9.18 Å². The number of nitrogens with one attached hydrogen (secondary N) is 1. The summed E-state index contributed by atoms with van der Waals surface area (Å²) in [5.41, 5.74) is 0.826. The molecule has 0 saturated carbocycles. The Morgan fingerprint density at radius 2 is 2.00 bits per heavy atom. The highest BCUT2D eigenvalue weighted by Crippen LogP contribution is 2.02. The molecular formula is C10H12FNO. The van der Waals surface area contributed by atoms with Crippen LogP contribution in [0.4, 0.5) is 4.39 Å². The van der Waals surface area contributed by atoms with E-state index in [2.05, 4.69) is 5.32 Å². The predicted molar refractivity (Wildman–Crippen MR) is 48.8 cm³/mol. The minimum Gasteiger partial charge on any atom is -0.356 e. The predicted octanol–water partition coefficient (Wildman–Crippen LogP) is 1.50. The maximum atomic E-state index is 12.5. The molecule has 0 aliphatic heterocycles. The Labute approximate surface area is 76.8 Å². The summed E-state index contributed by atoms with van der Waals surface area (Å²) in [6, 6.07) is 5.94. The van der Waals surface area contributed by atoms with Gasteiger partial charge in [-0.25, -0.2) is 4.39 Å². The highest BCUT2D eigenvalue weighted by molar-refractivity contribution is 5.78. The van der Waals surface area contributed by atoms with Crippen LogP contribution in [0, 0.1) is 5.82 Å². The average Bonchev–Trinajstić information content (AvgIpc) is 2.09.